The number of hydrogen-bond donors (Lipinski definition) is 2. The number of nitrogens with one attached hydrogen (secondary N) is 2. The molecular formula is C23H20N4O2. The van der Waals surface area contributed by atoms with Gasteiger partial charge >= 0.3 is 0 Å². The van der Waals surface area contributed by atoms with Gasteiger partial charge in [0, 0.05) is 23.6 Å². The van der Waals surface area contributed by atoms with Crippen LogP contribution in [0.15, 0.2) is 60.8 Å². The summed E-state index contributed by atoms with van der Waals surface area (Å²) in [5.41, 5.74) is 5.23. The smallest absolute Gasteiger partial charge is 0.229 e. The maximum Gasteiger partial charge on any atom is 0.229 e. The summed E-state index contributed by atoms with van der Waals surface area (Å²) < 4.78 is 5.18. The highest BCUT2D eigenvalue weighted by Gasteiger charge is 2.28. The van der Waals surface area contributed by atoms with Crippen LogP contribution in [-0.4, -0.2) is 28.2 Å². The van der Waals surface area contributed by atoms with Gasteiger partial charge in [-0.05, 0) is 72.0 Å². The number of carbonyl (C=O) groups is 1. The van der Waals surface area contributed by atoms with Crippen molar-refractivity contribution in [3.8, 4) is 17.0 Å². The van der Waals surface area contributed by atoms with Gasteiger partial charge in [-0.3, -0.25) is 14.9 Å². The molecule has 1 atom stereocenters. The Morgan fingerprint density at radius 3 is 2.69 bits per heavy atom. The minimum atomic E-state index is -0.0945. The van der Waals surface area contributed by atoms with Crippen molar-refractivity contribution in [3.05, 3.63) is 71.9 Å². The molecule has 0 radical (unpaired) electrons. The van der Waals surface area contributed by atoms with Gasteiger partial charge in [-0.1, -0.05) is 6.07 Å². The van der Waals surface area contributed by atoms with Crippen molar-refractivity contribution in [1.82, 2.24) is 15.2 Å². The second-order valence-electron chi connectivity index (χ2n) is 7.31. The highest BCUT2D eigenvalue weighted by atomic mass is 16.5. The molecule has 4 aromatic rings. The molecule has 29 heavy (non-hydrogen) atoms. The monoisotopic (exact) mass is 384 g/mol. The van der Waals surface area contributed by atoms with E-state index in [4.69, 9.17) is 4.74 Å². The summed E-state index contributed by atoms with van der Waals surface area (Å²) in [6.07, 6.45) is 3.26. The molecule has 1 aliphatic rings. The molecule has 0 fully saturated rings. The Bertz CT molecular complexity index is 1150. The van der Waals surface area contributed by atoms with Crippen LogP contribution in [-0.2, 0) is 17.6 Å². The average molecular weight is 384 g/mol. The molecule has 2 aromatic carbocycles. The Hall–Kier alpha value is -3.67. The lowest BCUT2D eigenvalue weighted by Crippen LogP contribution is -2.23. The van der Waals surface area contributed by atoms with Gasteiger partial charge in [-0.2, -0.15) is 5.10 Å². The minimum absolute atomic E-state index is 0.00834. The Kier molecular flexibility index (Phi) is 4.24. The number of carbonyl (C=O) groups excluding carboxylic acids is 1. The molecule has 0 bridgehead atoms. The van der Waals surface area contributed by atoms with Gasteiger partial charge in [0.15, 0.2) is 5.82 Å². The number of H-pyrrole nitrogens is 1. The van der Waals surface area contributed by atoms with Crippen LogP contribution in [0.1, 0.15) is 11.1 Å². The molecule has 6 heteroatoms. The maximum absolute atomic E-state index is 12.8. The lowest BCUT2D eigenvalue weighted by atomic mass is 10.1. The van der Waals surface area contributed by atoms with Crippen LogP contribution in [0.4, 0.5) is 5.82 Å². The number of anilines is 1. The third-order valence-electron chi connectivity index (χ3n) is 5.46. The number of aromatic amines is 1. The molecule has 1 aliphatic carbocycles. The molecule has 1 unspecified atom stereocenters. The van der Waals surface area contributed by atoms with Gasteiger partial charge < -0.3 is 10.1 Å². The summed E-state index contributed by atoms with van der Waals surface area (Å²) in [5, 5.41) is 11.3. The van der Waals surface area contributed by atoms with Crippen LogP contribution in [0, 0.1) is 5.92 Å². The lowest BCUT2D eigenvalue weighted by Gasteiger charge is -2.07. The summed E-state index contributed by atoms with van der Waals surface area (Å²) >= 11 is 0. The highest BCUT2D eigenvalue weighted by Crippen LogP contribution is 2.31. The van der Waals surface area contributed by atoms with Crippen LogP contribution in [0.3, 0.4) is 0 Å². The largest absolute Gasteiger partial charge is 0.497 e. The molecular weight excluding hydrogens is 364 g/mol. The van der Waals surface area contributed by atoms with Crippen molar-refractivity contribution < 1.29 is 9.53 Å². The Morgan fingerprint density at radius 2 is 1.90 bits per heavy atom. The molecule has 144 valence electrons. The minimum Gasteiger partial charge on any atom is -0.497 e. The molecule has 2 aromatic heterocycles. The number of amides is 1. The quantitative estimate of drug-likeness (QED) is 0.558. The molecule has 5 rings (SSSR count). The van der Waals surface area contributed by atoms with E-state index in [-0.39, 0.29) is 11.8 Å². The summed E-state index contributed by atoms with van der Waals surface area (Å²) in [6, 6.07) is 17.8. The number of benzene rings is 2. The van der Waals surface area contributed by atoms with Crippen LogP contribution in [0.5, 0.6) is 5.75 Å². The first-order valence-corrected chi connectivity index (χ1v) is 9.57. The summed E-state index contributed by atoms with van der Waals surface area (Å²) in [5.74, 6) is 1.22. The number of rotatable bonds is 4. The molecule has 1 amide bonds. The SMILES string of the molecule is COc1ccc(-c2cc(NC(=O)C3Cc4cc5cccnc5cc4C3)n[nH]2)cc1. The van der Waals surface area contributed by atoms with Crippen molar-refractivity contribution in [2.24, 2.45) is 5.92 Å². The molecule has 0 saturated carbocycles. The Morgan fingerprint density at radius 1 is 1.10 bits per heavy atom. The van der Waals surface area contributed by atoms with Crippen LogP contribution in [0.2, 0.25) is 0 Å². The number of hydrogen-bond acceptors (Lipinski definition) is 4. The predicted molar refractivity (Wildman–Crippen MR) is 112 cm³/mol. The molecule has 2 heterocycles. The lowest BCUT2D eigenvalue weighted by molar-refractivity contribution is -0.119. The molecule has 2 N–H and O–H groups in total. The second kappa shape index (κ2) is 7.05. The van der Waals surface area contributed by atoms with Crippen molar-refractivity contribution in [2.45, 2.75) is 12.8 Å². The first-order chi connectivity index (χ1) is 14.2. The molecule has 0 aliphatic heterocycles. The van der Waals surface area contributed by atoms with Crippen molar-refractivity contribution >= 4 is 22.6 Å². The van der Waals surface area contributed by atoms with Crippen molar-refractivity contribution in [1.29, 1.82) is 0 Å². The number of methoxy groups -OCH3 is 1. The highest BCUT2D eigenvalue weighted by molar-refractivity contribution is 5.93. The molecule has 0 saturated heterocycles. The first kappa shape index (κ1) is 17.4. The number of fused-ring (bicyclic) bond motifs is 2. The Labute approximate surface area is 167 Å². The van der Waals surface area contributed by atoms with Gasteiger partial charge in [0.2, 0.25) is 5.91 Å². The van der Waals surface area contributed by atoms with E-state index in [9.17, 15) is 4.79 Å². The number of ether oxygens (including phenoxy) is 1. The second-order valence-corrected chi connectivity index (χ2v) is 7.31. The standard InChI is InChI=1S/C23H20N4O2/c1-29-19-6-4-14(5-7-19)21-13-22(27-26-21)25-23(28)18-10-16-9-15-3-2-8-24-20(15)12-17(16)11-18/h2-9,12-13,18H,10-11H2,1H3,(H2,25,26,27,28). The van der Waals surface area contributed by atoms with E-state index >= 15 is 0 Å². The molecule has 6 nitrogen and oxygen atoms in total. The van der Waals surface area contributed by atoms with E-state index in [0.717, 1.165) is 40.8 Å². The number of pyridine rings is 1. The zero-order valence-electron chi connectivity index (χ0n) is 16.0. The first-order valence-electron chi connectivity index (χ1n) is 9.57. The number of nitrogens with zero attached hydrogens (tertiary/aromatic N) is 2. The normalized spacial score (nSPS) is 15.3. The maximum atomic E-state index is 12.8. The van der Waals surface area contributed by atoms with Crippen LogP contribution >= 0.6 is 0 Å². The average Bonchev–Trinajstić information content (AvgIpc) is 3.39. The van der Waals surface area contributed by atoms with E-state index in [1.807, 2.05) is 36.4 Å². The zero-order valence-corrected chi connectivity index (χ0v) is 16.0. The van der Waals surface area contributed by atoms with Crippen LogP contribution in [0.25, 0.3) is 22.2 Å². The summed E-state index contributed by atoms with van der Waals surface area (Å²) in [6.45, 7) is 0. The molecule has 0 spiro atoms. The van der Waals surface area contributed by atoms with E-state index in [0.29, 0.717) is 5.82 Å². The van der Waals surface area contributed by atoms with E-state index in [1.54, 1.807) is 13.3 Å². The Balaban J connectivity index is 1.29. The van der Waals surface area contributed by atoms with E-state index < -0.39 is 0 Å². The van der Waals surface area contributed by atoms with Gasteiger partial charge in [-0.15, -0.1) is 0 Å². The van der Waals surface area contributed by atoms with Gasteiger partial charge in [0.05, 0.1) is 18.3 Å². The van der Waals surface area contributed by atoms with Crippen molar-refractivity contribution in [2.75, 3.05) is 12.4 Å². The fourth-order valence-corrected chi connectivity index (χ4v) is 3.91. The fourth-order valence-electron chi connectivity index (χ4n) is 3.91. The zero-order chi connectivity index (χ0) is 19.8. The predicted octanol–water partition coefficient (Wildman–Crippen LogP) is 3.99. The van der Waals surface area contributed by atoms with E-state index in [2.05, 4.69) is 38.7 Å². The van der Waals surface area contributed by atoms with Crippen LogP contribution < -0.4 is 10.1 Å². The summed E-state index contributed by atoms with van der Waals surface area (Å²) in [4.78, 5) is 17.2. The van der Waals surface area contributed by atoms with Gasteiger partial charge in [0.25, 0.3) is 0 Å². The summed E-state index contributed by atoms with van der Waals surface area (Å²) in [7, 11) is 1.64. The van der Waals surface area contributed by atoms with Gasteiger partial charge in [0.1, 0.15) is 5.75 Å². The topological polar surface area (TPSA) is 79.9 Å². The fraction of sp³-hybridized carbons (Fsp3) is 0.174. The van der Waals surface area contributed by atoms with Gasteiger partial charge in [-0.25, -0.2) is 0 Å². The van der Waals surface area contributed by atoms with E-state index in [1.165, 1.54) is 11.1 Å². The third-order valence-corrected chi connectivity index (χ3v) is 5.46. The van der Waals surface area contributed by atoms with Crippen molar-refractivity contribution in [3.63, 3.8) is 0 Å². The number of aromatic nitrogens is 3. The third kappa shape index (κ3) is 3.33.